The second kappa shape index (κ2) is 16.8. The molecule has 1 aromatic carbocycles. The van der Waals surface area contributed by atoms with Crippen LogP contribution < -0.4 is 20.8 Å². The van der Waals surface area contributed by atoms with Crippen molar-refractivity contribution in [3.8, 4) is 5.75 Å². The number of Topliss-reactive ketones (excluding diaryl/α,β-unsaturated/α-hetero) is 1. The molecule has 5 aliphatic carbocycles. The van der Waals surface area contributed by atoms with Gasteiger partial charge >= 0.3 is 18.0 Å². The van der Waals surface area contributed by atoms with Crippen LogP contribution in [0.5, 0.6) is 5.75 Å². The molecule has 0 bridgehead atoms. The van der Waals surface area contributed by atoms with E-state index in [1.54, 1.807) is 30.2 Å². The number of allylic oxidation sites excluding steroid dienone is 4. The lowest BCUT2D eigenvalue weighted by Crippen LogP contribution is -2.61. The van der Waals surface area contributed by atoms with E-state index in [2.05, 4.69) is 0 Å². The summed E-state index contributed by atoms with van der Waals surface area (Å²) in [5.41, 5.74) is 4.18. The number of rotatable bonds is 12. The Morgan fingerprint density at radius 3 is 2.46 bits per heavy atom. The summed E-state index contributed by atoms with van der Waals surface area (Å²) in [6.45, 7) is 4.81. The van der Waals surface area contributed by atoms with Gasteiger partial charge in [-0.2, -0.15) is 0 Å². The van der Waals surface area contributed by atoms with Gasteiger partial charge in [-0.05, 0) is 81.9 Å². The average molecular weight is 877 g/mol. The summed E-state index contributed by atoms with van der Waals surface area (Å²) in [4.78, 5) is 80.0. The number of piperazine rings is 1. The first-order valence-electron chi connectivity index (χ1n) is 21.9. The van der Waals surface area contributed by atoms with Crippen molar-refractivity contribution < 1.29 is 57.5 Å². The van der Waals surface area contributed by atoms with Crippen molar-refractivity contribution >= 4 is 46.2 Å². The van der Waals surface area contributed by atoms with Gasteiger partial charge in [0.05, 0.1) is 37.0 Å². The molecule has 6 aliphatic rings. The average Bonchev–Trinajstić information content (AvgIpc) is 4.03. The zero-order chi connectivity index (χ0) is 45.2. The summed E-state index contributed by atoms with van der Waals surface area (Å²) in [7, 11) is 1.44. The first-order chi connectivity index (χ1) is 29.9. The Morgan fingerprint density at radius 2 is 1.76 bits per heavy atom. The number of esters is 2. The molecule has 0 radical (unpaired) electrons. The maximum atomic E-state index is 15.7. The fraction of sp³-hybridized carbons (Fsp3) is 0.609. The number of carbonyl (C=O) groups is 5. The van der Waals surface area contributed by atoms with E-state index in [1.807, 2.05) is 24.5 Å². The van der Waals surface area contributed by atoms with Gasteiger partial charge in [-0.3, -0.25) is 24.0 Å². The largest absolute Gasteiger partial charge is 0.492 e. The topological polar surface area (TPSA) is 217 Å². The lowest BCUT2D eigenvalue weighted by atomic mass is 9.46. The van der Waals surface area contributed by atoms with Gasteiger partial charge in [0.25, 0.3) is 0 Å². The molecule has 4 saturated carbocycles. The number of pyridine rings is 1. The van der Waals surface area contributed by atoms with Gasteiger partial charge in [-0.15, -0.1) is 0 Å². The number of ether oxygens (including phenoxy) is 4. The number of hydrogen-bond donors (Lipinski definition) is 3. The monoisotopic (exact) mass is 876 g/mol. The number of nitrogens with zero attached hydrogens (tertiary/aromatic N) is 3. The molecule has 9 atom stereocenters. The number of halogens is 1. The van der Waals surface area contributed by atoms with E-state index in [-0.39, 0.29) is 84.3 Å². The molecule has 1 aliphatic heterocycles. The number of aromatic nitrogens is 1. The van der Waals surface area contributed by atoms with Crippen LogP contribution in [0.2, 0.25) is 0 Å². The van der Waals surface area contributed by atoms with Gasteiger partial charge in [0.2, 0.25) is 12.6 Å². The lowest BCUT2D eigenvalue weighted by molar-refractivity contribution is -0.181. The highest BCUT2D eigenvalue weighted by Crippen LogP contribution is 2.67. The maximum absolute atomic E-state index is 15.7. The van der Waals surface area contributed by atoms with Crippen molar-refractivity contribution in [1.29, 1.82) is 0 Å². The van der Waals surface area contributed by atoms with Crippen molar-refractivity contribution in [2.45, 2.75) is 108 Å². The van der Waals surface area contributed by atoms with E-state index in [1.165, 1.54) is 24.1 Å². The van der Waals surface area contributed by atoms with Crippen LogP contribution in [0, 0.1) is 34.4 Å². The summed E-state index contributed by atoms with van der Waals surface area (Å²) < 4.78 is 38.9. The predicted molar refractivity (Wildman–Crippen MR) is 225 cm³/mol. The summed E-state index contributed by atoms with van der Waals surface area (Å²) in [6.07, 6.45) is 8.58. The molecule has 4 unspecified atom stereocenters. The molecule has 5 fully saturated rings. The first-order valence-corrected chi connectivity index (χ1v) is 21.9. The number of carbonyl (C=O) groups excluding carboxylic acids is 5. The second-order valence-electron chi connectivity index (χ2n) is 18.9. The minimum Gasteiger partial charge on any atom is -0.492 e. The summed E-state index contributed by atoms with van der Waals surface area (Å²) in [6, 6.07) is 1.37. The highest BCUT2D eigenvalue weighted by Gasteiger charge is 2.68. The Labute approximate surface area is 364 Å². The van der Waals surface area contributed by atoms with Gasteiger partial charge in [-0.1, -0.05) is 25.5 Å². The fourth-order valence-corrected chi connectivity index (χ4v) is 11.8. The molecule has 16 nitrogen and oxygen atoms in total. The molecule has 2 heterocycles. The van der Waals surface area contributed by atoms with E-state index in [4.69, 9.17) is 24.7 Å². The van der Waals surface area contributed by atoms with Gasteiger partial charge in [0.15, 0.2) is 29.4 Å². The molecule has 4 N–H and O–H groups in total. The molecular weight excluding hydrogens is 820 g/mol. The molecule has 340 valence electrons. The Hall–Kier alpha value is -5.13. The minimum absolute atomic E-state index is 0.0125. The molecule has 1 aromatic heterocycles. The molecule has 1 saturated heterocycles. The number of nitrogens with two attached hydrogens (primary N) is 1. The standard InChI is InChI=1S/C46H57FN4O12/c1-25-22-49(41-33(47)20-31-34(53)11-14-51(28-6-7-28)40(31)42(41)60-4)15-16-50(25)43(58)63-24-62-38(57)19-27(48)18-37(56)61-23-36(55)46(59)13-10-32-30-8-5-26-17-29(52)9-12-44(26,2)39(30)35(54)21-45(32,46)3/h9,11-12,14,17,20,25,27-28,30,32,35,39,54,59H,5-8,10,13,15-16,18-19,21-24,48H2,1-4H3/t25?,27-,30?,32?,35-,39?,44-,45-,46-/m1/s1. The van der Waals surface area contributed by atoms with Crippen molar-refractivity contribution in [3.05, 3.63) is 58.2 Å². The zero-order valence-corrected chi connectivity index (χ0v) is 36.2. The van der Waals surface area contributed by atoms with E-state index >= 15 is 4.39 Å². The molecule has 0 spiro atoms. The van der Waals surface area contributed by atoms with Crippen LogP contribution in [0.3, 0.4) is 0 Å². The normalized spacial score (nSPS) is 31.7. The van der Waals surface area contributed by atoms with Crippen LogP contribution in [-0.4, -0.2) is 113 Å². The smallest absolute Gasteiger partial charge is 0.413 e. The van der Waals surface area contributed by atoms with Crippen molar-refractivity contribution in [2.75, 3.05) is 45.0 Å². The first kappa shape index (κ1) is 44.5. The summed E-state index contributed by atoms with van der Waals surface area (Å²) in [5.74, 6) is -3.01. The molecular formula is C46H57FN4O12. The number of fused-ring (bicyclic) bond motifs is 6. The molecule has 1 amide bonds. The highest BCUT2D eigenvalue weighted by molar-refractivity contribution is 6.01. The number of hydrogen-bond acceptors (Lipinski definition) is 14. The number of aliphatic hydroxyl groups excluding tert-OH is 1. The maximum Gasteiger partial charge on any atom is 0.413 e. The number of benzene rings is 1. The number of ketones is 2. The Bertz CT molecular complexity index is 2340. The van der Waals surface area contributed by atoms with Gasteiger partial charge in [0, 0.05) is 66.8 Å². The fourth-order valence-electron chi connectivity index (χ4n) is 11.8. The highest BCUT2D eigenvalue weighted by atomic mass is 19.1. The lowest BCUT2D eigenvalue weighted by Gasteiger charge is -2.59. The van der Waals surface area contributed by atoms with E-state index in [9.17, 15) is 39.0 Å². The van der Waals surface area contributed by atoms with Crippen molar-refractivity contribution in [3.63, 3.8) is 0 Å². The third kappa shape index (κ3) is 7.83. The molecule has 63 heavy (non-hydrogen) atoms. The number of methoxy groups -OCH3 is 1. The van der Waals surface area contributed by atoms with Crippen LogP contribution in [0.15, 0.2) is 46.9 Å². The van der Waals surface area contributed by atoms with Gasteiger partial charge in [0.1, 0.15) is 11.3 Å². The van der Waals surface area contributed by atoms with E-state index in [0.29, 0.717) is 18.4 Å². The Balaban J connectivity index is 0.783. The molecule has 8 rings (SSSR count). The SMILES string of the molecule is COc1c(N2CCN(C(=O)OCOC(=O)C[C@H](N)CC(=O)OCC(=O)[C@]3(O)CCC4C5CCC6=CC(=O)C=C[C@@]6(C)C5[C@H](O)C[C@]43C)C(C)C2)c(F)cc2c(=O)ccn(C3CC3)c12. The summed E-state index contributed by atoms with van der Waals surface area (Å²) in [5, 5.41) is 23.8. The van der Waals surface area contributed by atoms with Crippen molar-refractivity contribution in [1.82, 2.24) is 9.47 Å². The Morgan fingerprint density at radius 1 is 1.03 bits per heavy atom. The van der Waals surface area contributed by atoms with Crippen molar-refractivity contribution in [2.24, 2.45) is 34.3 Å². The number of aliphatic hydroxyl groups is 2. The second-order valence-corrected chi connectivity index (χ2v) is 18.9. The third-order valence-electron chi connectivity index (χ3n) is 15.1. The van der Waals surface area contributed by atoms with Crippen LogP contribution in [-0.2, 0) is 33.4 Å². The van der Waals surface area contributed by atoms with Gasteiger partial charge in [-0.25, -0.2) is 9.18 Å². The molecule has 2 aromatic rings. The van der Waals surface area contributed by atoms with Crippen LogP contribution in [0.1, 0.15) is 84.6 Å². The minimum atomic E-state index is -1.83. The number of amides is 1. The van der Waals surface area contributed by atoms with Crippen LogP contribution in [0.25, 0.3) is 10.9 Å². The van der Waals surface area contributed by atoms with E-state index in [0.717, 1.165) is 24.8 Å². The third-order valence-corrected chi connectivity index (χ3v) is 15.1. The van der Waals surface area contributed by atoms with Crippen LogP contribution in [0.4, 0.5) is 14.9 Å². The Kier molecular flexibility index (Phi) is 11.8. The predicted octanol–water partition coefficient (Wildman–Crippen LogP) is 3.86. The van der Waals surface area contributed by atoms with Gasteiger partial charge < -0.3 is 49.3 Å². The summed E-state index contributed by atoms with van der Waals surface area (Å²) >= 11 is 0. The molecule has 17 heteroatoms. The quantitative estimate of drug-likeness (QED) is 0.204. The number of anilines is 1. The van der Waals surface area contributed by atoms with E-state index < -0.39 is 90.5 Å². The van der Waals surface area contributed by atoms with Crippen LogP contribution >= 0.6 is 0 Å². The zero-order valence-electron chi connectivity index (χ0n) is 36.2.